The summed E-state index contributed by atoms with van der Waals surface area (Å²) in [6, 6.07) is 10.3. The molecule has 2 heterocycles. The van der Waals surface area contributed by atoms with E-state index in [0.717, 1.165) is 22.3 Å². The van der Waals surface area contributed by atoms with Gasteiger partial charge in [0.15, 0.2) is 5.43 Å². The van der Waals surface area contributed by atoms with Gasteiger partial charge in [-0.2, -0.15) is 0 Å². The summed E-state index contributed by atoms with van der Waals surface area (Å²) in [5, 5.41) is 0.912. The molecule has 2 aromatic rings. The van der Waals surface area contributed by atoms with Gasteiger partial charge < -0.3 is 14.7 Å². The molecule has 0 amide bonds. The number of anilines is 1. The Morgan fingerprint density at radius 3 is 2.82 bits per heavy atom. The van der Waals surface area contributed by atoms with Gasteiger partial charge in [0.2, 0.25) is 0 Å². The molecule has 4 rings (SSSR count). The normalized spacial score (nSPS) is 11.3. The van der Waals surface area contributed by atoms with E-state index in [9.17, 15) is 4.79 Å². The molecule has 2 aliphatic rings. The van der Waals surface area contributed by atoms with Crippen LogP contribution in [0.3, 0.4) is 0 Å². The molecule has 0 radical (unpaired) electrons. The molecule has 1 aromatic heterocycles. The van der Waals surface area contributed by atoms with Gasteiger partial charge in [0.05, 0.1) is 0 Å². The minimum Gasteiger partial charge on any atom is -0.456 e. The fraction of sp³-hybridized carbons (Fsp3) is 0.0588. The molecule has 22 heavy (non-hydrogen) atoms. The third kappa shape index (κ3) is 1.79. The van der Waals surface area contributed by atoms with Crippen molar-refractivity contribution in [2.24, 2.45) is 7.05 Å². The summed E-state index contributed by atoms with van der Waals surface area (Å²) in [4.78, 5) is 16.1. The van der Waals surface area contributed by atoms with E-state index in [1.165, 1.54) is 12.1 Å². The highest BCUT2D eigenvalue weighted by Gasteiger charge is 2.19. The van der Waals surface area contributed by atoms with E-state index < -0.39 is 0 Å². The number of nitrogens with zero attached hydrogens (tertiary/aromatic N) is 2. The highest BCUT2D eigenvalue weighted by atomic mass is 16.3. The van der Waals surface area contributed by atoms with Crippen LogP contribution in [-0.4, -0.2) is 9.55 Å². The van der Waals surface area contributed by atoms with Crippen molar-refractivity contribution in [1.29, 1.82) is 0 Å². The maximum absolute atomic E-state index is 11.6. The van der Waals surface area contributed by atoms with Crippen molar-refractivity contribution >= 4 is 16.7 Å². The van der Waals surface area contributed by atoms with E-state index in [4.69, 9.17) is 10.2 Å². The Balaban J connectivity index is 2.24. The topological polar surface area (TPSA) is 74.0 Å². The molecule has 0 saturated carbocycles. The number of hydrogen-bond donors (Lipinski definition) is 1. The van der Waals surface area contributed by atoms with E-state index >= 15 is 0 Å². The Morgan fingerprint density at radius 2 is 2.05 bits per heavy atom. The van der Waals surface area contributed by atoms with Crippen LogP contribution in [0.2, 0.25) is 0 Å². The lowest BCUT2D eigenvalue weighted by Gasteiger charge is -2.14. The van der Waals surface area contributed by atoms with Crippen LogP contribution in [0.4, 0.5) is 5.69 Å². The number of hydrogen-bond acceptors (Lipinski definition) is 4. The zero-order valence-electron chi connectivity index (χ0n) is 11.9. The van der Waals surface area contributed by atoms with E-state index in [0.29, 0.717) is 17.0 Å². The van der Waals surface area contributed by atoms with Crippen LogP contribution in [-0.2, 0) is 7.05 Å². The second kappa shape index (κ2) is 4.46. The Kier molecular flexibility index (Phi) is 2.56. The first-order valence-electron chi connectivity index (χ1n) is 6.87. The van der Waals surface area contributed by atoms with Crippen LogP contribution < -0.4 is 11.2 Å². The number of benzene rings is 2. The summed E-state index contributed by atoms with van der Waals surface area (Å²) in [7, 11) is 1.93. The van der Waals surface area contributed by atoms with Crippen molar-refractivity contribution in [2.45, 2.75) is 0 Å². The molecular weight excluding hydrogens is 278 g/mol. The van der Waals surface area contributed by atoms with Crippen molar-refractivity contribution in [1.82, 2.24) is 9.55 Å². The first kappa shape index (κ1) is 12.6. The van der Waals surface area contributed by atoms with Gasteiger partial charge in [0, 0.05) is 53.8 Å². The van der Waals surface area contributed by atoms with E-state index in [2.05, 4.69) is 4.98 Å². The van der Waals surface area contributed by atoms with E-state index in [-0.39, 0.29) is 5.43 Å². The Morgan fingerprint density at radius 1 is 1.18 bits per heavy atom. The fourth-order valence-corrected chi connectivity index (χ4v) is 2.73. The molecule has 1 aromatic carbocycles. The Bertz CT molecular complexity index is 1030. The van der Waals surface area contributed by atoms with Crippen LogP contribution in [0, 0.1) is 0 Å². The van der Waals surface area contributed by atoms with Gasteiger partial charge in [0.1, 0.15) is 17.2 Å². The zero-order chi connectivity index (χ0) is 15.3. The summed E-state index contributed by atoms with van der Waals surface area (Å²) < 4.78 is 7.81. The monoisotopic (exact) mass is 291 g/mol. The first-order chi connectivity index (χ1) is 10.6. The van der Waals surface area contributed by atoms with Crippen LogP contribution in [0.5, 0.6) is 0 Å². The van der Waals surface area contributed by atoms with Crippen molar-refractivity contribution in [3.63, 3.8) is 0 Å². The van der Waals surface area contributed by atoms with Crippen molar-refractivity contribution < 1.29 is 4.42 Å². The molecule has 2 N–H and O–H groups in total. The third-order valence-corrected chi connectivity index (χ3v) is 3.76. The molecule has 5 nitrogen and oxygen atoms in total. The first-order valence-corrected chi connectivity index (χ1v) is 6.87. The molecule has 0 bridgehead atoms. The van der Waals surface area contributed by atoms with Crippen molar-refractivity contribution in [3.05, 3.63) is 59.0 Å². The van der Waals surface area contributed by atoms with Crippen LogP contribution >= 0.6 is 0 Å². The average Bonchev–Trinajstić information content (AvgIpc) is 2.90. The number of aromatic nitrogens is 2. The number of fused-ring (bicyclic) bond motifs is 2. The summed E-state index contributed by atoms with van der Waals surface area (Å²) in [5.41, 5.74) is 8.79. The largest absolute Gasteiger partial charge is 0.456 e. The highest BCUT2D eigenvalue weighted by Crippen LogP contribution is 2.39. The summed E-state index contributed by atoms with van der Waals surface area (Å²) in [5.74, 6) is 1.35. The molecule has 0 spiro atoms. The molecule has 108 valence electrons. The standard InChI is InChI=1S/C17H13N3O2/c1-20-7-6-19-17(20)16-12-4-2-10(18)8-14(12)22-15-9-11(21)3-5-13(15)16/h2-9H,18H2,1H3. The quantitative estimate of drug-likeness (QED) is 0.432. The minimum atomic E-state index is -0.0923. The molecule has 1 aliphatic heterocycles. The maximum atomic E-state index is 11.6. The lowest BCUT2D eigenvalue weighted by atomic mass is 9.98. The zero-order valence-corrected chi connectivity index (χ0v) is 11.9. The van der Waals surface area contributed by atoms with Gasteiger partial charge in [-0.05, 0) is 24.3 Å². The lowest BCUT2D eigenvalue weighted by Crippen LogP contribution is -2.02. The molecule has 0 saturated heterocycles. The smallest absolute Gasteiger partial charge is 0.182 e. The number of rotatable bonds is 1. The van der Waals surface area contributed by atoms with Crippen molar-refractivity contribution in [2.75, 3.05) is 5.73 Å². The molecule has 0 atom stereocenters. The van der Waals surface area contributed by atoms with Gasteiger partial charge >= 0.3 is 0 Å². The molecule has 0 fully saturated rings. The van der Waals surface area contributed by atoms with Crippen LogP contribution in [0.15, 0.2) is 58.0 Å². The van der Waals surface area contributed by atoms with Crippen molar-refractivity contribution in [3.8, 4) is 22.7 Å². The summed E-state index contributed by atoms with van der Waals surface area (Å²) in [6.07, 6.45) is 3.63. The molecular formula is C17H13N3O2. The van der Waals surface area contributed by atoms with Gasteiger partial charge in [-0.25, -0.2) is 4.98 Å². The van der Waals surface area contributed by atoms with E-state index in [1.54, 1.807) is 18.3 Å². The van der Waals surface area contributed by atoms with E-state index in [1.807, 2.05) is 29.9 Å². The molecule has 0 unspecified atom stereocenters. The SMILES string of the molecule is Cn1ccnc1-c1c2ccc(=O)cc-2oc2cc(N)ccc12. The number of nitrogens with two attached hydrogens (primary N) is 1. The Labute approximate surface area is 126 Å². The highest BCUT2D eigenvalue weighted by molar-refractivity contribution is 6.01. The predicted octanol–water partition coefficient (Wildman–Crippen LogP) is 2.88. The van der Waals surface area contributed by atoms with Crippen LogP contribution in [0.25, 0.3) is 33.7 Å². The predicted molar refractivity (Wildman–Crippen MR) is 85.7 cm³/mol. The number of nitrogen functional groups attached to an aromatic ring is 1. The maximum Gasteiger partial charge on any atom is 0.182 e. The third-order valence-electron chi connectivity index (χ3n) is 3.76. The van der Waals surface area contributed by atoms with Gasteiger partial charge in [-0.3, -0.25) is 4.79 Å². The second-order valence-electron chi connectivity index (χ2n) is 5.25. The van der Waals surface area contributed by atoms with Gasteiger partial charge in [0.25, 0.3) is 0 Å². The second-order valence-corrected chi connectivity index (χ2v) is 5.25. The fourth-order valence-electron chi connectivity index (χ4n) is 2.73. The lowest BCUT2D eigenvalue weighted by molar-refractivity contribution is 0.619. The Hall–Kier alpha value is -3.08. The van der Waals surface area contributed by atoms with Gasteiger partial charge in [-0.15, -0.1) is 0 Å². The van der Waals surface area contributed by atoms with Crippen LogP contribution in [0.1, 0.15) is 0 Å². The van der Waals surface area contributed by atoms with Gasteiger partial charge in [-0.1, -0.05) is 0 Å². The average molecular weight is 291 g/mol. The number of imidazole rings is 1. The number of aryl methyl sites for hydroxylation is 1. The summed E-state index contributed by atoms with van der Waals surface area (Å²) >= 11 is 0. The molecule has 5 heteroatoms. The summed E-state index contributed by atoms with van der Waals surface area (Å²) in [6.45, 7) is 0. The minimum absolute atomic E-state index is 0.0923. The molecule has 1 aliphatic carbocycles.